The Kier molecular flexibility index (Phi) is 5.24. The van der Waals surface area contributed by atoms with E-state index in [2.05, 4.69) is 24.9 Å². The second kappa shape index (κ2) is 7.56. The molecule has 1 fully saturated rings. The van der Waals surface area contributed by atoms with Crippen LogP contribution < -0.4 is 5.32 Å². The van der Waals surface area contributed by atoms with E-state index in [1.165, 1.54) is 0 Å². The van der Waals surface area contributed by atoms with Crippen molar-refractivity contribution in [3.8, 4) is 0 Å². The van der Waals surface area contributed by atoms with Gasteiger partial charge in [-0.2, -0.15) is 0 Å². The van der Waals surface area contributed by atoms with Crippen LogP contribution in [0.3, 0.4) is 0 Å². The van der Waals surface area contributed by atoms with Gasteiger partial charge in [-0.1, -0.05) is 11.4 Å². The minimum absolute atomic E-state index is 0.00257. The standard InChI is InChI=1S/C15H19N5O2S/c1-2-11-13(23-20-19-11)15(21)18-9-10-7-16-14(17-8-10)12-5-3-4-6-22-12/h7-8,12H,2-6,9H2,1H3,(H,18,21)/t12-/m0/s1. The van der Waals surface area contributed by atoms with E-state index < -0.39 is 0 Å². The zero-order valence-electron chi connectivity index (χ0n) is 13.0. The van der Waals surface area contributed by atoms with Crippen LogP contribution in [-0.4, -0.2) is 32.1 Å². The molecule has 1 N–H and O–H groups in total. The number of aryl methyl sites for hydroxylation is 1. The highest BCUT2D eigenvalue weighted by Crippen LogP contribution is 2.24. The van der Waals surface area contributed by atoms with Gasteiger partial charge in [0, 0.05) is 31.1 Å². The Morgan fingerprint density at radius 3 is 2.91 bits per heavy atom. The first-order chi connectivity index (χ1) is 11.3. The number of hydrogen-bond donors (Lipinski definition) is 1. The number of nitrogens with zero attached hydrogens (tertiary/aromatic N) is 4. The van der Waals surface area contributed by atoms with Crippen molar-refractivity contribution < 1.29 is 9.53 Å². The average Bonchev–Trinajstić information content (AvgIpc) is 3.10. The second-order valence-electron chi connectivity index (χ2n) is 5.39. The Balaban J connectivity index is 1.57. The van der Waals surface area contributed by atoms with Crippen molar-refractivity contribution in [2.75, 3.05) is 6.61 Å². The molecule has 1 atom stereocenters. The van der Waals surface area contributed by atoms with E-state index in [4.69, 9.17) is 4.74 Å². The summed E-state index contributed by atoms with van der Waals surface area (Å²) in [6.45, 7) is 3.10. The van der Waals surface area contributed by atoms with Crippen molar-refractivity contribution in [3.63, 3.8) is 0 Å². The van der Waals surface area contributed by atoms with Crippen LogP contribution in [0.15, 0.2) is 12.4 Å². The van der Waals surface area contributed by atoms with E-state index in [1.807, 2.05) is 6.92 Å². The van der Waals surface area contributed by atoms with Crippen molar-refractivity contribution >= 4 is 17.4 Å². The summed E-state index contributed by atoms with van der Waals surface area (Å²) < 4.78 is 9.49. The summed E-state index contributed by atoms with van der Waals surface area (Å²) in [7, 11) is 0. The molecule has 7 nitrogen and oxygen atoms in total. The maximum absolute atomic E-state index is 12.1. The lowest BCUT2D eigenvalue weighted by molar-refractivity contribution is 0.00940. The van der Waals surface area contributed by atoms with Gasteiger partial charge >= 0.3 is 0 Å². The fraction of sp³-hybridized carbons (Fsp3) is 0.533. The largest absolute Gasteiger partial charge is 0.370 e. The van der Waals surface area contributed by atoms with Gasteiger partial charge in [0.1, 0.15) is 11.0 Å². The van der Waals surface area contributed by atoms with Crippen LogP contribution in [0.2, 0.25) is 0 Å². The van der Waals surface area contributed by atoms with Gasteiger partial charge in [-0.05, 0) is 37.2 Å². The van der Waals surface area contributed by atoms with Crippen molar-refractivity contribution in [3.05, 3.63) is 34.4 Å². The maximum Gasteiger partial charge on any atom is 0.265 e. The van der Waals surface area contributed by atoms with E-state index in [0.29, 0.717) is 17.8 Å². The molecule has 1 aliphatic heterocycles. The number of rotatable bonds is 5. The quantitative estimate of drug-likeness (QED) is 0.901. The lowest BCUT2D eigenvalue weighted by Crippen LogP contribution is -2.23. The summed E-state index contributed by atoms with van der Waals surface area (Å²) in [5.41, 5.74) is 1.59. The van der Waals surface area contributed by atoms with Gasteiger partial charge in [0.05, 0.1) is 5.69 Å². The molecule has 122 valence electrons. The molecule has 0 unspecified atom stereocenters. The maximum atomic E-state index is 12.1. The molecule has 1 aliphatic rings. The van der Waals surface area contributed by atoms with Crippen molar-refractivity contribution in [1.29, 1.82) is 0 Å². The molecule has 2 aromatic heterocycles. The SMILES string of the molecule is CCc1nnsc1C(=O)NCc1cnc([C@@H]2CCCCO2)nc1. The summed E-state index contributed by atoms with van der Waals surface area (Å²) in [4.78, 5) is 21.4. The molecule has 0 bridgehead atoms. The van der Waals surface area contributed by atoms with Gasteiger partial charge in [0.25, 0.3) is 5.91 Å². The van der Waals surface area contributed by atoms with Crippen LogP contribution in [0.4, 0.5) is 0 Å². The van der Waals surface area contributed by atoms with Crippen LogP contribution in [0.5, 0.6) is 0 Å². The Hall–Kier alpha value is -1.93. The number of amides is 1. The second-order valence-corrected chi connectivity index (χ2v) is 6.14. The predicted octanol–water partition coefficient (Wildman–Crippen LogP) is 2.06. The minimum Gasteiger partial charge on any atom is -0.370 e. The number of hydrogen-bond acceptors (Lipinski definition) is 7. The molecule has 1 amide bonds. The summed E-state index contributed by atoms with van der Waals surface area (Å²) >= 11 is 1.12. The molecule has 2 aromatic rings. The van der Waals surface area contributed by atoms with Crippen LogP contribution in [0.25, 0.3) is 0 Å². The van der Waals surface area contributed by atoms with Gasteiger partial charge in [0.15, 0.2) is 5.82 Å². The fourth-order valence-corrected chi connectivity index (χ4v) is 3.11. The van der Waals surface area contributed by atoms with Crippen LogP contribution in [-0.2, 0) is 17.7 Å². The van der Waals surface area contributed by atoms with Gasteiger partial charge in [0.2, 0.25) is 0 Å². The number of ether oxygens (including phenoxy) is 1. The number of carbonyl (C=O) groups is 1. The average molecular weight is 333 g/mol. The van der Waals surface area contributed by atoms with Crippen LogP contribution >= 0.6 is 11.5 Å². The van der Waals surface area contributed by atoms with Gasteiger partial charge < -0.3 is 10.1 Å². The molecule has 0 radical (unpaired) electrons. The molecular formula is C15H19N5O2S. The first-order valence-corrected chi connectivity index (χ1v) is 8.57. The molecule has 0 aliphatic carbocycles. The van der Waals surface area contributed by atoms with Gasteiger partial charge in [-0.25, -0.2) is 9.97 Å². The summed E-state index contributed by atoms with van der Waals surface area (Å²) in [5, 5.41) is 6.80. The highest BCUT2D eigenvalue weighted by atomic mass is 32.1. The minimum atomic E-state index is -0.156. The zero-order chi connectivity index (χ0) is 16.1. The normalized spacial score (nSPS) is 17.9. The van der Waals surface area contributed by atoms with Crippen LogP contribution in [0, 0.1) is 0 Å². The molecule has 0 spiro atoms. The van der Waals surface area contributed by atoms with E-state index in [0.717, 1.165) is 54.5 Å². The lowest BCUT2D eigenvalue weighted by atomic mass is 10.1. The van der Waals surface area contributed by atoms with E-state index in [-0.39, 0.29) is 12.0 Å². The van der Waals surface area contributed by atoms with Crippen molar-refractivity contribution in [2.45, 2.75) is 45.3 Å². The summed E-state index contributed by atoms with van der Waals surface area (Å²) in [5.74, 6) is 0.566. The Labute approximate surface area is 138 Å². The molecule has 23 heavy (non-hydrogen) atoms. The first-order valence-electron chi connectivity index (χ1n) is 7.79. The van der Waals surface area contributed by atoms with E-state index in [9.17, 15) is 4.79 Å². The fourth-order valence-electron chi connectivity index (χ4n) is 2.44. The molecule has 3 heterocycles. The lowest BCUT2D eigenvalue weighted by Gasteiger charge is -2.21. The summed E-state index contributed by atoms with van der Waals surface area (Å²) in [6.07, 6.45) is 7.40. The van der Waals surface area contributed by atoms with Crippen molar-refractivity contribution in [2.24, 2.45) is 0 Å². The zero-order valence-corrected chi connectivity index (χ0v) is 13.8. The van der Waals surface area contributed by atoms with Gasteiger partial charge in [-0.15, -0.1) is 5.10 Å². The van der Waals surface area contributed by atoms with Crippen molar-refractivity contribution in [1.82, 2.24) is 24.9 Å². The molecular weight excluding hydrogens is 314 g/mol. The Morgan fingerprint density at radius 2 is 2.22 bits per heavy atom. The highest BCUT2D eigenvalue weighted by molar-refractivity contribution is 7.08. The topological polar surface area (TPSA) is 89.9 Å². The van der Waals surface area contributed by atoms with Crippen LogP contribution in [0.1, 0.15) is 59.0 Å². The number of nitrogens with one attached hydrogen (secondary N) is 1. The highest BCUT2D eigenvalue weighted by Gasteiger charge is 2.19. The van der Waals surface area contributed by atoms with E-state index in [1.54, 1.807) is 12.4 Å². The van der Waals surface area contributed by atoms with E-state index >= 15 is 0 Å². The third-order valence-corrected chi connectivity index (χ3v) is 4.51. The number of aromatic nitrogens is 4. The molecule has 3 rings (SSSR count). The first kappa shape index (κ1) is 15.9. The molecule has 1 saturated heterocycles. The molecule has 0 saturated carbocycles. The molecule has 0 aromatic carbocycles. The smallest absolute Gasteiger partial charge is 0.265 e. The Morgan fingerprint density at radius 1 is 1.39 bits per heavy atom. The Bertz CT molecular complexity index is 652. The monoisotopic (exact) mass is 333 g/mol. The molecule has 8 heteroatoms. The van der Waals surface area contributed by atoms with Gasteiger partial charge in [-0.3, -0.25) is 4.79 Å². The number of carbonyl (C=O) groups excluding carboxylic acids is 1. The third kappa shape index (κ3) is 3.89. The summed E-state index contributed by atoms with van der Waals surface area (Å²) in [6, 6.07) is 0. The predicted molar refractivity (Wildman–Crippen MR) is 85.0 cm³/mol. The third-order valence-electron chi connectivity index (χ3n) is 3.74.